The fourth-order valence-corrected chi connectivity index (χ4v) is 4.93. The Bertz CT molecular complexity index is 1410. The Hall–Kier alpha value is -4.24. The number of anilines is 1. The Kier molecular flexibility index (Phi) is 9.27. The summed E-state index contributed by atoms with van der Waals surface area (Å²) in [6.07, 6.45) is 0. The highest BCUT2D eigenvalue weighted by Gasteiger charge is 2.32. The van der Waals surface area contributed by atoms with Gasteiger partial charge in [-0.2, -0.15) is 0 Å². The zero-order valence-electron chi connectivity index (χ0n) is 21.9. The Morgan fingerprint density at radius 2 is 1.59 bits per heavy atom. The SMILES string of the molecule is COc1ccc(NC(=O)[C@H](c2ccccc2)N(Cc2ccccc2F)C(=O)CSc2nc(C)cc(C)n2)cc1. The van der Waals surface area contributed by atoms with Gasteiger partial charge in [0.15, 0.2) is 5.16 Å². The van der Waals surface area contributed by atoms with Gasteiger partial charge in [-0.15, -0.1) is 0 Å². The molecule has 0 spiro atoms. The van der Waals surface area contributed by atoms with Crippen molar-refractivity contribution in [2.75, 3.05) is 18.2 Å². The smallest absolute Gasteiger partial charge is 0.251 e. The number of amides is 2. The van der Waals surface area contributed by atoms with Crippen LogP contribution in [0, 0.1) is 19.7 Å². The molecule has 1 atom stereocenters. The van der Waals surface area contributed by atoms with Crippen molar-refractivity contribution in [2.45, 2.75) is 31.6 Å². The minimum atomic E-state index is -1.03. The van der Waals surface area contributed by atoms with Crippen LogP contribution in [0.5, 0.6) is 5.75 Å². The number of halogens is 1. The normalized spacial score (nSPS) is 11.5. The molecule has 0 saturated heterocycles. The number of thioether (sulfide) groups is 1. The Labute approximate surface area is 231 Å². The molecule has 9 heteroatoms. The van der Waals surface area contributed by atoms with Gasteiger partial charge in [0.1, 0.15) is 17.6 Å². The minimum Gasteiger partial charge on any atom is -0.497 e. The third-order valence-corrected chi connectivity index (χ3v) is 6.77. The van der Waals surface area contributed by atoms with E-state index in [-0.39, 0.29) is 18.2 Å². The first-order valence-corrected chi connectivity index (χ1v) is 13.3. The monoisotopic (exact) mass is 544 g/mol. The van der Waals surface area contributed by atoms with E-state index in [1.807, 2.05) is 26.0 Å². The number of carbonyl (C=O) groups is 2. The van der Waals surface area contributed by atoms with Crippen LogP contribution in [0.1, 0.15) is 28.6 Å². The largest absolute Gasteiger partial charge is 0.497 e. The summed E-state index contributed by atoms with van der Waals surface area (Å²) in [6.45, 7) is 3.62. The molecular formula is C30H29FN4O3S. The highest BCUT2D eigenvalue weighted by molar-refractivity contribution is 7.99. The predicted octanol–water partition coefficient (Wildman–Crippen LogP) is 5.74. The van der Waals surface area contributed by atoms with Crippen LogP contribution >= 0.6 is 11.8 Å². The average Bonchev–Trinajstić information content (AvgIpc) is 2.93. The van der Waals surface area contributed by atoms with Gasteiger partial charge in [0, 0.05) is 29.2 Å². The lowest BCUT2D eigenvalue weighted by Crippen LogP contribution is -2.42. The zero-order valence-corrected chi connectivity index (χ0v) is 22.7. The van der Waals surface area contributed by atoms with Gasteiger partial charge in [0.2, 0.25) is 5.91 Å². The van der Waals surface area contributed by atoms with E-state index in [4.69, 9.17) is 4.74 Å². The number of hydrogen-bond donors (Lipinski definition) is 1. The van der Waals surface area contributed by atoms with Crippen LogP contribution in [0.3, 0.4) is 0 Å². The standard InChI is InChI=1S/C30H29FN4O3S/c1-20-17-21(2)33-30(32-20)39-19-27(36)35(18-23-11-7-8-12-26(23)31)28(22-9-5-4-6-10-22)29(37)34-24-13-15-25(38-3)16-14-24/h4-17,28H,18-19H2,1-3H3,(H,34,37)/t28-/m0/s1. The van der Waals surface area contributed by atoms with Gasteiger partial charge >= 0.3 is 0 Å². The van der Waals surface area contributed by atoms with Crippen molar-refractivity contribution < 1.29 is 18.7 Å². The molecule has 39 heavy (non-hydrogen) atoms. The summed E-state index contributed by atoms with van der Waals surface area (Å²) in [5.74, 6) is -0.623. The van der Waals surface area contributed by atoms with Crippen molar-refractivity contribution in [1.29, 1.82) is 0 Å². The molecule has 0 aliphatic heterocycles. The molecular weight excluding hydrogens is 515 g/mol. The average molecular weight is 545 g/mol. The fourth-order valence-electron chi connectivity index (χ4n) is 4.09. The third kappa shape index (κ3) is 7.42. The van der Waals surface area contributed by atoms with Crippen molar-refractivity contribution in [3.05, 3.63) is 113 Å². The lowest BCUT2D eigenvalue weighted by molar-refractivity contribution is -0.137. The van der Waals surface area contributed by atoms with E-state index in [1.165, 1.54) is 22.7 Å². The molecule has 2 amide bonds. The molecule has 1 heterocycles. The second-order valence-electron chi connectivity index (χ2n) is 8.87. The highest BCUT2D eigenvalue weighted by atomic mass is 32.2. The van der Waals surface area contributed by atoms with Crippen LogP contribution < -0.4 is 10.1 Å². The van der Waals surface area contributed by atoms with Gasteiger partial charge in [0.25, 0.3) is 5.91 Å². The van der Waals surface area contributed by atoms with E-state index in [0.29, 0.717) is 27.7 Å². The number of nitrogens with one attached hydrogen (secondary N) is 1. The lowest BCUT2D eigenvalue weighted by Gasteiger charge is -2.31. The summed E-state index contributed by atoms with van der Waals surface area (Å²) in [7, 11) is 1.56. The molecule has 3 aromatic carbocycles. The topological polar surface area (TPSA) is 84.4 Å². The summed E-state index contributed by atoms with van der Waals surface area (Å²) in [5.41, 5.74) is 3.03. The third-order valence-electron chi connectivity index (χ3n) is 5.94. The molecule has 0 aliphatic carbocycles. The summed E-state index contributed by atoms with van der Waals surface area (Å²) in [6, 6.07) is 22.9. The van der Waals surface area contributed by atoms with E-state index in [9.17, 15) is 14.0 Å². The molecule has 0 bridgehead atoms. The van der Waals surface area contributed by atoms with Crippen LogP contribution in [0.15, 0.2) is 90.1 Å². The summed E-state index contributed by atoms with van der Waals surface area (Å²) in [4.78, 5) is 37.8. The highest BCUT2D eigenvalue weighted by Crippen LogP contribution is 2.28. The van der Waals surface area contributed by atoms with E-state index in [1.54, 1.807) is 73.8 Å². The quantitative estimate of drug-likeness (QED) is 0.202. The maximum atomic E-state index is 14.8. The number of methoxy groups -OCH3 is 1. The maximum absolute atomic E-state index is 14.8. The van der Waals surface area contributed by atoms with Crippen LogP contribution in [-0.2, 0) is 16.1 Å². The Morgan fingerprint density at radius 3 is 2.23 bits per heavy atom. The fraction of sp³-hybridized carbons (Fsp3) is 0.200. The van der Waals surface area contributed by atoms with Crippen molar-refractivity contribution >= 4 is 29.3 Å². The van der Waals surface area contributed by atoms with Crippen molar-refractivity contribution in [1.82, 2.24) is 14.9 Å². The zero-order chi connectivity index (χ0) is 27.8. The van der Waals surface area contributed by atoms with Gasteiger partial charge in [-0.1, -0.05) is 60.3 Å². The van der Waals surface area contributed by atoms with E-state index < -0.39 is 17.8 Å². The Morgan fingerprint density at radius 1 is 0.949 bits per heavy atom. The van der Waals surface area contributed by atoms with Crippen molar-refractivity contribution in [2.24, 2.45) is 0 Å². The molecule has 0 fully saturated rings. The van der Waals surface area contributed by atoms with Gasteiger partial charge in [-0.05, 0) is 55.8 Å². The molecule has 1 N–H and O–H groups in total. The number of carbonyl (C=O) groups excluding carboxylic acids is 2. The van der Waals surface area contributed by atoms with Crippen LogP contribution in [0.25, 0.3) is 0 Å². The number of aryl methyl sites for hydroxylation is 2. The molecule has 4 aromatic rings. The lowest BCUT2D eigenvalue weighted by atomic mass is 10.0. The maximum Gasteiger partial charge on any atom is 0.251 e. The molecule has 0 saturated carbocycles. The molecule has 7 nitrogen and oxygen atoms in total. The number of aromatic nitrogens is 2. The molecule has 0 radical (unpaired) electrons. The van der Waals surface area contributed by atoms with Crippen molar-refractivity contribution in [3.63, 3.8) is 0 Å². The Balaban J connectivity index is 1.68. The number of rotatable bonds is 10. The van der Waals surface area contributed by atoms with Crippen LogP contribution in [0.4, 0.5) is 10.1 Å². The first kappa shape index (κ1) is 27.8. The summed E-state index contributed by atoms with van der Waals surface area (Å²) >= 11 is 1.18. The minimum absolute atomic E-state index is 0.0313. The molecule has 200 valence electrons. The first-order valence-electron chi connectivity index (χ1n) is 12.3. The summed E-state index contributed by atoms with van der Waals surface area (Å²) < 4.78 is 20.0. The second kappa shape index (κ2) is 13.0. The van der Waals surface area contributed by atoms with Crippen molar-refractivity contribution in [3.8, 4) is 5.75 Å². The van der Waals surface area contributed by atoms with Gasteiger partial charge in [0.05, 0.1) is 12.9 Å². The number of nitrogens with zero attached hydrogens (tertiary/aromatic N) is 3. The predicted molar refractivity (Wildman–Crippen MR) is 150 cm³/mol. The number of benzene rings is 3. The molecule has 1 aromatic heterocycles. The first-order chi connectivity index (χ1) is 18.8. The van der Waals surface area contributed by atoms with Crippen LogP contribution in [-0.4, -0.2) is 39.5 Å². The molecule has 4 rings (SSSR count). The van der Waals surface area contributed by atoms with Gasteiger partial charge < -0.3 is 15.0 Å². The van der Waals surface area contributed by atoms with Gasteiger partial charge in [-0.3, -0.25) is 9.59 Å². The van der Waals surface area contributed by atoms with E-state index in [0.717, 1.165) is 11.4 Å². The second-order valence-corrected chi connectivity index (χ2v) is 9.81. The molecule has 0 aliphatic rings. The van der Waals surface area contributed by atoms with Gasteiger partial charge in [-0.25, -0.2) is 14.4 Å². The van der Waals surface area contributed by atoms with E-state index >= 15 is 0 Å². The van der Waals surface area contributed by atoms with E-state index in [2.05, 4.69) is 15.3 Å². The molecule has 0 unspecified atom stereocenters. The number of ether oxygens (including phenoxy) is 1. The van der Waals surface area contributed by atoms with Crippen LogP contribution in [0.2, 0.25) is 0 Å². The number of hydrogen-bond acceptors (Lipinski definition) is 6. The summed E-state index contributed by atoms with van der Waals surface area (Å²) in [5, 5.41) is 3.37.